The van der Waals surface area contributed by atoms with Gasteiger partial charge in [-0.05, 0) is 5.56 Å². The monoisotopic (exact) mass is 355 g/mol. The summed E-state index contributed by atoms with van der Waals surface area (Å²) < 4.78 is 0. The Hall–Kier alpha value is -2.98. The molecule has 0 unspecified atom stereocenters. The molecule has 0 saturated heterocycles. The largest absolute Gasteiger partial charge is 0.208 e. The van der Waals surface area contributed by atoms with Crippen LogP contribution >= 0.6 is 12.6 Å². The lowest BCUT2D eigenvalue weighted by Gasteiger charge is -2.08. The fourth-order valence-electron chi connectivity index (χ4n) is 2.70. The second kappa shape index (κ2) is 7.50. The topological polar surface area (TPSA) is 38.7 Å². The van der Waals surface area contributed by atoms with Crippen LogP contribution in [0.1, 0.15) is 5.56 Å². The summed E-state index contributed by atoms with van der Waals surface area (Å²) in [5.41, 5.74) is 4.07. The molecule has 1 heterocycles. The van der Waals surface area contributed by atoms with E-state index in [1.807, 2.05) is 72.8 Å². The molecule has 4 rings (SSSR count). The van der Waals surface area contributed by atoms with E-state index in [0.717, 1.165) is 22.3 Å². The molecule has 0 amide bonds. The first-order valence-electron chi connectivity index (χ1n) is 8.40. The van der Waals surface area contributed by atoms with Crippen molar-refractivity contribution in [2.75, 3.05) is 0 Å². The van der Waals surface area contributed by atoms with Crippen LogP contribution in [0.15, 0.2) is 84.9 Å². The van der Waals surface area contributed by atoms with Crippen molar-refractivity contribution in [3.05, 3.63) is 90.5 Å². The van der Waals surface area contributed by atoms with Gasteiger partial charge in [-0.25, -0.2) is 15.0 Å². The van der Waals surface area contributed by atoms with Gasteiger partial charge in [-0.3, -0.25) is 0 Å². The van der Waals surface area contributed by atoms with Crippen molar-refractivity contribution in [3.8, 4) is 34.2 Å². The Morgan fingerprint density at radius 1 is 0.500 bits per heavy atom. The highest BCUT2D eigenvalue weighted by Gasteiger charge is 2.11. The third-order valence-electron chi connectivity index (χ3n) is 4.09. The standard InChI is InChI=1S/C22H17N3S/c26-15-16-11-13-19(14-12-16)22-24-20(17-7-3-1-4-8-17)23-21(25-22)18-9-5-2-6-10-18/h1-14,26H,15H2. The van der Waals surface area contributed by atoms with Gasteiger partial charge in [0.15, 0.2) is 17.5 Å². The van der Waals surface area contributed by atoms with Crippen molar-refractivity contribution in [2.45, 2.75) is 5.75 Å². The first-order chi connectivity index (χ1) is 12.8. The number of hydrogen-bond acceptors (Lipinski definition) is 4. The molecule has 0 fully saturated rings. The molecule has 0 spiro atoms. The zero-order chi connectivity index (χ0) is 17.8. The van der Waals surface area contributed by atoms with Crippen LogP contribution in [0.2, 0.25) is 0 Å². The van der Waals surface area contributed by atoms with E-state index in [0.29, 0.717) is 23.2 Å². The molecule has 4 aromatic rings. The molecule has 26 heavy (non-hydrogen) atoms. The molecular formula is C22H17N3S. The maximum atomic E-state index is 4.71. The average Bonchev–Trinajstić information content (AvgIpc) is 2.75. The van der Waals surface area contributed by atoms with Crippen molar-refractivity contribution in [2.24, 2.45) is 0 Å². The molecule has 1 aromatic heterocycles. The summed E-state index contributed by atoms with van der Waals surface area (Å²) in [5, 5.41) is 0. The average molecular weight is 355 g/mol. The molecular weight excluding hydrogens is 338 g/mol. The van der Waals surface area contributed by atoms with Crippen LogP contribution in [-0.4, -0.2) is 15.0 Å². The Labute approximate surface area is 158 Å². The molecule has 0 bridgehead atoms. The summed E-state index contributed by atoms with van der Waals surface area (Å²) >= 11 is 4.32. The van der Waals surface area contributed by atoms with Crippen molar-refractivity contribution in [1.29, 1.82) is 0 Å². The quantitative estimate of drug-likeness (QED) is 0.505. The first-order valence-corrected chi connectivity index (χ1v) is 9.04. The number of benzene rings is 3. The minimum Gasteiger partial charge on any atom is -0.208 e. The molecule has 126 valence electrons. The van der Waals surface area contributed by atoms with Crippen LogP contribution in [-0.2, 0) is 5.75 Å². The maximum Gasteiger partial charge on any atom is 0.164 e. The molecule has 0 saturated carbocycles. The van der Waals surface area contributed by atoms with Gasteiger partial charge < -0.3 is 0 Å². The lowest BCUT2D eigenvalue weighted by atomic mass is 10.1. The van der Waals surface area contributed by atoms with Gasteiger partial charge >= 0.3 is 0 Å². The van der Waals surface area contributed by atoms with E-state index in [1.54, 1.807) is 0 Å². The summed E-state index contributed by atoms with van der Waals surface area (Å²) in [5.74, 6) is 2.73. The summed E-state index contributed by atoms with van der Waals surface area (Å²) in [7, 11) is 0. The Morgan fingerprint density at radius 3 is 1.27 bits per heavy atom. The molecule has 0 N–H and O–H groups in total. The molecule has 0 atom stereocenters. The second-order valence-corrected chi connectivity index (χ2v) is 6.21. The molecule has 0 aliphatic heterocycles. The van der Waals surface area contributed by atoms with E-state index in [4.69, 9.17) is 15.0 Å². The van der Waals surface area contributed by atoms with Gasteiger partial charge in [-0.15, -0.1) is 0 Å². The second-order valence-electron chi connectivity index (χ2n) is 5.89. The smallest absolute Gasteiger partial charge is 0.164 e. The van der Waals surface area contributed by atoms with E-state index in [1.165, 1.54) is 0 Å². The lowest BCUT2D eigenvalue weighted by Crippen LogP contribution is -2.00. The summed E-state index contributed by atoms with van der Waals surface area (Å²) in [6.07, 6.45) is 0. The Bertz CT molecular complexity index is 943. The summed E-state index contributed by atoms with van der Waals surface area (Å²) in [6.45, 7) is 0. The molecule has 3 aromatic carbocycles. The highest BCUT2D eigenvalue weighted by atomic mass is 32.1. The van der Waals surface area contributed by atoms with Gasteiger partial charge in [0.25, 0.3) is 0 Å². The normalized spacial score (nSPS) is 10.7. The summed E-state index contributed by atoms with van der Waals surface area (Å²) in [4.78, 5) is 14.1. The van der Waals surface area contributed by atoms with E-state index < -0.39 is 0 Å². The minimum absolute atomic E-state index is 0.670. The number of aromatic nitrogens is 3. The Morgan fingerprint density at radius 2 is 0.885 bits per heavy atom. The first kappa shape index (κ1) is 16.5. The number of hydrogen-bond donors (Lipinski definition) is 1. The maximum absolute atomic E-state index is 4.71. The van der Waals surface area contributed by atoms with E-state index >= 15 is 0 Å². The highest BCUT2D eigenvalue weighted by molar-refractivity contribution is 7.79. The van der Waals surface area contributed by atoms with Gasteiger partial charge in [0, 0.05) is 22.4 Å². The fraction of sp³-hybridized carbons (Fsp3) is 0.0455. The third kappa shape index (κ3) is 3.51. The molecule has 0 aliphatic carbocycles. The van der Waals surface area contributed by atoms with E-state index in [2.05, 4.69) is 24.8 Å². The van der Waals surface area contributed by atoms with Crippen LogP contribution in [0.5, 0.6) is 0 Å². The van der Waals surface area contributed by atoms with Gasteiger partial charge in [-0.2, -0.15) is 12.6 Å². The van der Waals surface area contributed by atoms with E-state index in [9.17, 15) is 0 Å². The van der Waals surface area contributed by atoms with Crippen molar-refractivity contribution in [1.82, 2.24) is 15.0 Å². The van der Waals surface area contributed by atoms with Crippen LogP contribution < -0.4 is 0 Å². The zero-order valence-corrected chi connectivity index (χ0v) is 15.0. The van der Waals surface area contributed by atoms with Crippen molar-refractivity contribution < 1.29 is 0 Å². The Balaban J connectivity index is 1.87. The highest BCUT2D eigenvalue weighted by Crippen LogP contribution is 2.24. The Kier molecular flexibility index (Phi) is 4.75. The lowest BCUT2D eigenvalue weighted by molar-refractivity contribution is 1.07. The molecule has 4 heteroatoms. The van der Waals surface area contributed by atoms with Crippen molar-refractivity contribution >= 4 is 12.6 Å². The van der Waals surface area contributed by atoms with Crippen molar-refractivity contribution in [3.63, 3.8) is 0 Å². The van der Waals surface area contributed by atoms with Crippen LogP contribution in [0.25, 0.3) is 34.2 Å². The van der Waals surface area contributed by atoms with Crippen LogP contribution in [0, 0.1) is 0 Å². The predicted molar refractivity (Wildman–Crippen MR) is 109 cm³/mol. The number of thiol groups is 1. The van der Waals surface area contributed by atoms with Gasteiger partial charge in [0.1, 0.15) is 0 Å². The molecule has 0 radical (unpaired) electrons. The number of nitrogens with zero attached hydrogens (tertiary/aromatic N) is 3. The molecule has 3 nitrogen and oxygen atoms in total. The van der Waals surface area contributed by atoms with Gasteiger partial charge in [0.05, 0.1) is 0 Å². The van der Waals surface area contributed by atoms with Gasteiger partial charge in [-0.1, -0.05) is 84.9 Å². The fourth-order valence-corrected chi connectivity index (χ4v) is 2.91. The predicted octanol–water partition coefficient (Wildman–Crippen LogP) is 5.30. The van der Waals surface area contributed by atoms with Crippen LogP contribution in [0.3, 0.4) is 0 Å². The SMILES string of the molecule is SCc1ccc(-c2nc(-c3ccccc3)nc(-c3ccccc3)n2)cc1. The molecule has 0 aliphatic rings. The third-order valence-corrected chi connectivity index (χ3v) is 4.46. The summed E-state index contributed by atoms with van der Waals surface area (Å²) in [6, 6.07) is 28.1. The van der Waals surface area contributed by atoms with E-state index in [-0.39, 0.29) is 0 Å². The van der Waals surface area contributed by atoms with Gasteiger partial charge in [0.2, 0.25) is 0 Å². The number of rotatable bonds is 4. The zero-order valence-electron chi connectivity index (χ0n) is 14.1. The minimum atomic E-state index is 0.670. The van der Waals surface area contributed by atoms with Crippen LogP contribution in [0.4, 0.5) is 0 Å².